The third-order valence-electron chi connectivity index (χ3n) is 2.21. The summed E-state index contributed by atoms with van der Waals surface area (Å²) in [6.45, 7) is 7.76. The lowest BCUT2D eigenvalue weighted by molar-refractivity contribution is -0.115. The molecule has 0 amide bonds. The summed E-state index contributed by atoms with van der Waals surface area (Å²) < 4.78 is 0.364. The van der Waals surface area contributed by atoms with Crippen molar-refractivity contribution in [1.82, 2.24) is 0 Å². The number of Topliss-reactive ketones (excluding diaryl/α,β-unsaturated/α-hetero) is 1. The standard InChI is InChI=1S/C11H18ClNOS/c1-4-8(2)5-6-10(14)11(7-13)15-9(3)12/h7-8H,3-6,13H2,1-2H3/b11-7-. The molecule has 1 unspecified atom stereocenters. The number of hydrogen-bond acceptors (Lipinski definition) is 3. The molecule has 15 heavy (non-hydrogen) atoms. The van der Waals surface area contributed by atoms with Gasteiger partial charge in [0.15, 0.2) is 5.78 Å². The monoisotopic (exact) mass is 247 g/mol. The van der Waals surface area contributed by atoms with Gasteiger partial charge in [-0.2, -0.15) is 0 Å². The zero-order valence-corrected chi connectivity index (χ0v) is 10.8. The van der Waals surface area contributed by atoms with Crippen molar-refractivity contribution < 1.29 is 4.79 Å². The molecule has 0 rings (SSSR count). The van der Waals surface area contributed by atoms with E-state index in [2.05, 4.69) is 20.4 Å². The van der Waals surface area contributed by atoms with Gasteiger partial charge >= 0.3 is 0 Å². The van der Waals surface area contributed by atoms with Crippen molar-refractivity contribution in [3.05, 3.63) is 22.0 Å². The van der Waals surface area contributed by atoms with Crippen molar-refractivity contribution in [2.24, 2.45) is 11.7 Å². The molecule has 0 heterocycles. The average molecular weight is 248 g/mol. The van der Waals surface area contributed by atoms with Gasteiger partial charge in [0.1, 0.15) is 0 Å². The molecule has 0 aliphatic carbocycles. The maximum Gasteiger partial charge on any atom is 0.171 e. The van der Waals surface area contributed by atoms with Crippen LogP contribution < -0.4 is 5.73 Å². The molecule has 0 aromatic carbocycles. The summed E-state index contributed by atoms with van der Waals surface area (Å²) in [4.78, 5) is 12.1. The maximum absolute atomic E-state index is 11.7. The number of thioether (sulfide) groups is 1. The molecule has 0 saturated carbocycles. The van der Waals surface area contributed by atoms with Crippen LogP contribution in [0, 0.1) is 5.92 Å². The summed E-state index contributed by atoms with van der Waals surface area (Å²) in [5, 5.41) is 0. The zero-order valence-electron chi connectivity index (χ0n) is 9.25. The van der Waals surface area contributed by atoms with Crippen molar-refractivity contribution in [2.75, 3.05) is 0 Å². The number of ketones is 1. The van der Waals surface area contributed by atoms with E-state index in [9.17, 15) is 4.79 Å². The largest absolute Gasteiger partial charge is 0.404 e. The summed E-state index contributed by atoms with van der Waals surface area (Å²) in [5.41, 5.74) is 5.36. The van der Waals surface area contributed by atoms with Crippen LogP contribution >= 0.6 is 23.4 Å². The zero-order chi connectivity index (χ0) is 11.8. The van der Waals surface area contributed by atoms with Gasteiger partial charge < -0.3 is 5.73 Å². The number of carbonyl (C=O) groups excluding carboxylic acids is 1. The third-order valence-corrected chi connectivity index (χ3v) is 3.24. The summed E-state index contributed by atoms with van der Waals surface area (Å²) >= 11 is 6.73. The fourth-order valence-corrected chi connectivity index (χ4v) is 1.78. The first-order valence-electron chi connectivity index (χ1n) is 4.98. The molecule has 2 nitrogen and oxygen atoms in total. The lowest BCUT2D eigenvalue weighted by Crippen LogP contribution is -2.04. The average Bonchev–Trinajstić information content (AvgIpc) is 2.21. The van der Waals surface area contributed by atoms with Crippen molar-refractivity contribution in [3.8, 4) is 0 Å². The molecular formula is C11H18ClNOS. The summed E-state index contributed by atoms with van der Waals surface area (Å²) in [6.07, 6.45) is 3.80. The Morgan fingerprint density at radius 1 is 1.67 bits per heavy atom. The van der Waals surface area contributed by atoms with Gasteiger partial charge in [-0.15, -0.1) is 0 Å². The van der Waals surface area contributed by atoms with Gasteiger partial charge in [0.2, 0.25) is 0 Å². The number of rotatable bonds is 7. The molecule has 0 bridgehead atoms. The third kappa shape index (κ3) is 6.63. The lowest BCUT2D eigenvalue weighted by Gasteiger charge is -2.08. The molecule has 0 aromatic rings. The lowest BCUT2D eigenvalue weighted by atomic mass is 10.0. The molecule has 4 heteroatoms. The Hall–Kier alpha value is -0.410. The highest BCUT2D eigenvalue weighted by Gasteiger charge is 2.12. The van der Waals surface area contributed by atoms with Crippen LogP contribution in [0.5, 0.6) is 0 Å². The minimum absolute atomic E-state index is 0.0459. The van der Waals surface area contributed by atoms with Crippen molar-refractivity contribution in [3.63, 3.8) is 0 Å². The summed E-state index contributed by atoms with van der Waals surface area (Å²) in [5.74, 6) is 0.613. The number of nitrogens with two attached hydrogens (primary N) is 1. The van der Waals surface area contributed by atoms with Gasteiger partial charge in [-0.25, -0.2) is 0 Å². The van der Waals surface area contributed by atoms with E-state index in [0.29, 0.717) is 21.6 Å². The summed E-state index contributed by atoms with van der Waals surface area (Å²) in [7, 11) is 0. The number of allylic oxidation sites excluding steroid dienone is 1. The Kier molecular flexibility index (Phi) is 7.61. The minimum Gasteiger partial charge on any atom is -0.404 e. The van der Waals surface area contributed by atoms with Crippen LogP contribution in [0.3, 0.4) is 0 Å². The first-order chi connectivity index (χ1) is 7.01. The predicted molar refractivity (Wildman–Crippen MR) is 68.6 cm³/mol. The van der Waals surface area contributed by atoms with Crippen LogP contribution in [0.4, 0.5) is 0 Å². The van der Waals surface area contributed by atoms with Crippen LogP contribution in [0.2, 0.25) is 0 Å². The predicted octanol–water partition coefficient (Wildman–Crippen LogP) is 3.63. The molecule has 0 spiro atoms. The number of hydrogen-bond donors (Lipinski definition) is 1. The van der Waals surface area contributed by atoms with Crippen LogP contribution in [0.1, 0.15) is 33.1 Å². The van der Waals surface area contributed by atoms with Crippen LogP contribution in [-0.2, 0) is 4.79 Å². The fourth-order valence-electron chi connectivity index (χ4n) is 1.01. The topological polar surface area (TPSA) is 43.1 Å². The van der Waals surface area contributed by atoms with Gasteiger partial charge in [-0.1, -0.05) is 50.2 Å². The molecule has 0 aliphatic rings. The van der Waals surface area contributed by atoms with Gasteiger partial charge in [0.25, 0.3) is 0 Å². The Morgan fingerprint density at radius 3 is 2.67 bits per heavy atom. The van der Waals surface area contributed by atoms with Crippen molar-refractivity contribution >= 4 is 29.1 Å². The van der Waals surface area contributed by atoms with Crippen LogP contribution in [0.25, 0.3) is 0 Å². The highest BCUT2D eigenvalue weighted by molar-refractivity contribution is 8.08. The molecule has 86 valence electrons. The first-order valence-corrected chi connectivity index (χ1v) is 6.18. The Labute approximate surface area is 101 Å². The maximum atomic E-state index is 11.7. The smallest absolute Gasteiger partial charge is 0.171 e. The van der Waals surface area contributed by atoms with Crippen molar-refractivity contribution in [1.29, 1.82) is 0 Å². The van der Waals surface area contributed by atoms with E-state index in [-0.39, 0.29) is 5.78 Å². The molecular weight excluding hydrogens is 230 g/mol. The van der Waals surface area contributed by atoms with E-state index in [4.69, 9.17) is 17.3 Å². The Balaban J connectivity index is 4.12. The molecule has 0 aromatic heterocycles. The van der Waals surface area contributed by atoms with Crippen molar-refractivity contribution in [2.45, 2.75) is 33.1 Å². The van der Waals surface area contributed by atoms with E-state index in [1.54, 1.807) is 0 Å². The molecule has 0 saturated heterocycles. The van der Waals surface area contributed by atoms with E-state index in [1.807, 2.05) is 0 Å². The second-order valence-corrected chi connectivity index (χ2v) is 5.28. The highest BCUT2D eigenvalue weighted by Crippen LogP contribution is 2.28. The Bertz CT molecular complexity index is 263. The second kappa shape index (κ2) is 7.83. The highest BCUT2D eigenvalue weighted by atomic mass is 35.5. The SMILES string of the molecule is C=C(Cl)S/C(=C\N)C(=O)CCC(C)CC. The van der Waals surface area contributed by atoms with E-state index < -0.39 is 0 Å². The molecule has 0 fully saturated rings. The molecule has 1 atom stereocenters. The number of halogens is 1. The van der Waals surface area contributed by atoms with Gasteiger partial charge in [-0.3, -0.25) is 4.79 Å². The van der Waals surface area contributed by atoms with Crippen LogP contribution in [0.15, 0.2) is 22.0 Å². The second-order valence-electron chi connectivity index (χ2n) is 3.46. The minimum atomic E-state index is 0.0459. The molecule has 0 radical (unpaired) electrons. The molecule has 0 aliphatic heterocycles. The fraction of sp³-hybridized carbons (Fsp3) is 0.545. The first kappa shape index (κ1) is 14.6. The van der Waals surface area contributed by atoms with Gasteiger partial charge in [-0.05, 0) is 12.3 Å². The summed E-state index contributed by atoms with van der Waals surface area (Å²) in [6, 6.07) is 0. The van der Waals surface area contributed by atoms with E-state index in [1.165, 1.54) is 6.20 Å². The number of carbonyl (C=O) groups is 1. The molecule has 2 N–H and O–H groups in total. The van der Waals surface area contributed by atoms with Gasteiger partial charge in [0, 0.05) is 12.6 Å². The normalized spacial score (nSPS) is 13.7. The van der Waals surface area contributed by atoms with E-state index >= 15 is 0 Å². The van der Waals surface area contributed by atoms with E-state index in [0.717, 1.165) is 24.6 Å². The van der Waals surface area contributed by atoms with Gasteiger partial charge in [0.05, 0.1) is 9.27 Å². The Morgan fingerprint density at radius 2 is 2.27 bits per heavy atom. The quantitative estimate of drug-likeness (QED) is 0.699. The van der Waals surface area contributed by atoms with Crippen LogP contribution in [-0.4, -0.2) is 5.78 Å².